The quantitative estimate of drug-likeness (QED) is 0.419. The molecule has 0 aliphatic carbocycles. The molecule has 3 aliphatic rings. The maximum atomic E-state index is 14.2. The van der Waals surface area contributed by atoms with Crippen LogP contribution in [0, 0.1) is 17.8 Å². The fraction of sp³-hybridized carbons (Fsp3) is 0.500. The third-order valence-electron chi connectivity index (χ3n) is 8.92. The zero-order valence-electron chi connectivity index (χ0n) is 23.1. The van der Waals surface area contributed by atoms with Crippen molar-refractivity contribution in [2.45, 2.75) is 63.8 Å². The third kappa shape index (κ3) is 4.35. The summed E-state index contributed by atoms with van der Waals surface area (Å²) in [7, 11) is 0. The van der Waals surface area contributed by atoms with Crippen LogP contribution in [-0.2, 0) is 19.1 Å². The standard InChI is InChI=1S/C30H36ClN3O6/c1-5-19(16-35)34-25(27(37)33-22-10-8-7-9-21(22)31)30-15-17(3)29(4,40-30)23(24(30)28(34)38)26(36)32-18-11-13-20(14-12-18)39-6-2/h7-14,17,19,23-25,35H,5-6,15-16H2,1-4H3,(H,32,36)(H,33,37)/t17?,19-,23+,24-,25?,29-,30?/m0/s1. The summed E-state index contributed by atoms with van der Waals surface area (Å²) in [6.45, 7) is 7.80. The maximum absolute atomic E-state index is 14.2. The number of carbonyl (C=O) groups excluding carboxylic acids is 3. The van der Waals surface area contributed by atoms with Crippen LogP contribution in [-0.4, -0.2) is 64.2 Å². The number of hydrogen-bond acceptors (Lipinski definition) is 6. The molecule has 3 amide bonds. The minimum Gasteiger partial charge on any atom is -0.494 e. The molecule has 7 atom stereocenters. The maximum Gasteiger partial charge on any atom is 0.250 e. The Balaban J connectivity index is 1.52. The van der Waals surface area contributed by atoms with Gasteiger partial charge in [0.1, 0.15) is 17.4 Å². The van der Waals surface area contributed by atoms with E-state index in [2.05, 4.69) is 10.6 Å². The van der Waals surface area contributed by atoms with Crippen molar-refractivity contribution in [3.8, 4) is 5.75 Å². The topological polar surface area (TPSA) is 117 Å². The lowest BCUT2D eigenvalue weighted by Crippen LogP contribution is -2.56. The summed E-state index contributed by atoms with van der Waals surface area (Å²) in [5.41, 5.74) is -1.22. The molecule has 3 N–H and O–H groups in total. The molecule has 1 spiro atoms. The molecule has 2 bridgehead atoms. The number of anilines is 2. The van der Waals surface area contributed by atoms with Gasteiger partial charge in [-0.3, -0.25) is 14.4 Å². The van der Waals surface area contributed by atoms with Crippen LogP contribution in [0.3, 0.4) is 0 Å². The zero-order valence-corrected chi connectivity index (χ0v) is 23.9. The number of hydrogen-bond donors (Lipinski definition) is 3. The molecule has 5 rings (SSSR count). The first kappa shape index (κ1) is 28.4. The highest BCUT2D eigenvalue weighted by Gasteiger charge is 2.80. The van der Waals surface area contributed by atoms with E-state index in [-0.39, 0.29) is 24.3 Å². The van der Waals surface area contributed by atoms with E-state index in [1.807, 2.05) is 27.7 Å². The van der Waals surface area contributed by atoms with Crippen molar-refractivity contribution in [3.05, 3.63) is 53.6 Å². The van der Waals surface area contributed by atoms with Gasteiger partial charge in [-0.2, -0.15) is 0 Å². The lowest BCUT2D eigenvalue weighted by atomic mass is 9.62. The van der Waals surface area contributed by atoms with Gasteiger partial charge in [-0.1, -0.05) is 37.6 Å². The van der Waals surface area contributed by atoms with Crippen molar-refractivity contribution in [3.63, 3.8) is 0 Å². The van der Waals surface area contributed by atoms with Crippen molar-refractivity contribution in [2.75, 3.05) is 23.8 Å². The van der Waals surface area contributed by atoms with Crippen LogP contribution in [0.1, 0.15) is 40.5 Å². The lowest BCUT2D eigenvalue weighted by Gasteiger charge is -2.36. The number of carbonyl (C=O) groups is 3. The van der Waals surface area contributed by atoms with E-state index >= 15 is 0 Å². The van der Waals surface area contributed by atoms with Gasteiger partial charge >= 0.3 is 0 Å². The van der Waals surface area contributed by atoms with Gasteiger partial charge in [0.15, 0.2) is 0 Å². The summed E-state index contributed by atoms with van der Waals surface area (Å²) >= 11 is 6.33. The number of likely N-dealkylation sites (tertiary alicyclic amines) is 1. The Hall–Kier alpha value is -3.14. The number of fused-ring (bicyclic) bond motifs is 1. The van der Waals surface area contributed by atoms with E-state index in [0.717, 1.165) is 0 Å². The molecule has 3 saturated heterocycles. The van der Waals surface area contributed by atoms with Gasteiger partial charge in [0.2, 0.25) is 17.7 Å². The molecule has 3 aliphatic heterocycles. The van der Waals surface area contributed by atoms with E-state index in [1.165, 1.54) is 4.90 Å². The first-order chi connectivity index (χ1) is 19.1. The van der Waals surface area contributed by atoms with E-state index in [9.17, 15) is 19.5 Å². The minimum atomic E-state index is -1.24. The Labute approximate surface area is 239 Å². The van der Waals surface area contributed by atoms with Crippen LogP contribution in [0.2, 0.25) is 5.02 Å². The minimum absolute atomic E-state index is 0.114. The number of aliphatic hydroxyl groups excluding tert-OH is 1. The summed E-state index contributed by atoms with van der Waals surface area (Å²) in [4.78, 5) is 43.6. The molecule has 214 valence electrons. The number of nitrogens with one attached hydrogen (secondary N) is 2. The second kappa shape index (κ2) is 10.7. The summed E-state index contributed by atoms with van der Waals surface area (Å²) in [5, 5.41) is 16.4. The second-order valence-electron chi connectivity index (χ2n) is 11.1. The molecule has 9 nitrogen and oxygen atoms in total. The van der Waals surface area contributed by atoms with E-state index in [4.69, 9.17) is 21.1 Å². The van der Waals surface area contributed by atoms with Crippen molar-refractivity contribution in [2.24, 2.45) is 17.8 Å². The zero-order chi connectivity index (χ0) is 28.8. The summed E-state index contributed by atoms with van der Waals surface area (Å²) in [6, 6.07) is 12.2. The normalized spacial score (nSPS) is 31.1. The van der Waals surface area contributed by atoms with Crippen LogP contribution >= 0.6 is 11.6 Å². The largest absolute Gasteiger partial charge is 0.494 e. The third-order valence-corrected chi connectivity index (χ3v) is 9.25. The lowest BCUT2D eigenvalue weighted by molar-refractivity contribution is -0.148. The van der Waals surface area contributed by atoms with E-state index < -0.39 is 41.0 Å². The molecular weight excluding hydrogens is 534 g/mol. The number of amides is 3. The molecule has 2 aromatic carbocycles. The van der Waals surface area contributed by atoms with Crippen LogP contribution < -0.4 is 15.4 Å². The molecule has 3 fully saturated rings. The molecule has 10 heteroatoms. The highest BCUT2D eigenvalue weighted by atomic mass is 35.5. The number of aliphatic hydroxyl groups is 1. The number of ether oxygens (including phenoxy) is 2. The molecule has 3 heterocycles. The highest BCUT2D eigenvalue weighted by Crippen LogP contribution is 2.65. The molecule has 40 heavy (non-hydrogen) atoms. The number of benzene rings is 2. The number of para-hydroxylation sites is 1. The van der Waals surface area contributed by atoms with Crippen LogP contribution in [0.4, 0.5) is 11.4 Å². The summed E-state index contributed by atoms with van der Waals surface area (Å²) < 4.78 is 12.2. The average molecular weight is 570 g/mol. The Bertz CT molecular complexity index is 1300. The predicted molar refractivity (Wildman–Crippen MR) is 151 cm³/mol. The van der Waals surface area contributed by atoms with Gasteiger partial charge in [-0.25, -0.2) is 0 Å². The van der Waals surface area contributed by atoms with Crippen molar-refractivity contribution < 1.29 is 29.0 Å². The predicted octanol–water partition coefficient (Wildman–Crippen LogP) is 4.10. The Morgan fingerprint density at radius 1 is 1.15 bits per heavy atom. The molecule has 0 saturated carbocycles. The fourth-order valence-corrected chi connectivity index (χ4v) is 7.15. The van der Waals surface area contributed by atoms with Gasteiger partial charge in [0, 0.05) is 5.69 Å². The Kier molecular flexibility index (Phi) is 7.58. The van der Waals surface area contributed by atoms with Gasteiger partial charge in [-0.15, -0.1) is 0 Å². The molecule has 0 radical (unpaired) electrons. The van der Waals surface area contributed by atoms with Crippen LogP contribution in [0.5, 0.6) is 5.75 Å². The summed E-state index contributed by atoms with van der Waals surface area (Å²) in [6.07, 6.45) is 0.850. The van der Waals surface area contributed by atoms with Crippen LogP contribution in [0.15, 0.2) is 48.5 Å². The second-order valence-corrected chi connectivity index (χ2v) is 11.5. The van der Waals surface area contributed by atoms with Crippen molar-refractivity contribution in [1.29, 1.82) is 0 Å². The smallest absolute Gasteiger partial charge is 0.250 e. The Morgan fingerprint density at radius 2 is 1.85 bits per heavy atom. The first-order valence-electron chi connectivity index (χ1n) is 13.8. The first-order valence-corrected chi connectivity index (χ1v) is 14.2. The highest BCUT2D eigenvalue weighted by molar-refractivity contribution is 6.33. The van der Waals surface area contributed by atoms with Gasteiger partial charge in [0.25, 0.3) is 0 Å². The van der Waals surface area contributed by atoms with E-state index in [0.29, 0.717) is 41.6 Å². The molecule has 0 aromatic heterocycles. The number of nitrogens with zero attached hydrogens (tertiary/aromatic N) is 1. The molecule has 3 unspecified atom stereocenters. The van der Waals surface area contributed by atoms with Gasteiger partial charge in [0.05, 0.1) is 47.4 Å². The van der Waals surface area contributed by atoms with Crippen molar-refractivity contribution in [1.82, 2.24) is 4.90 Å². The van der Waals surface area contributed by atoms with Crippen molar-refractivity contribution >= 4 is 40.7 Å². The average Bonchev–Trinajstić information content (AvgIpc) is 3.44. The van der Waals surface area contributed by atoms with Gasteiger partial charge < -0.3 is 30.1 Å². The Morgan fingerprint density at radius 3 is 2.48 bits per heavy atom. The van der Waals surface area contributed by atoms with Crippen LogP contribution in [0.25, 0.3) is 0 Å². The number of rotatable bonds is 9. The fourth-order valence-electron chi connectivity index (χ4n) is 6.97. The molecular formula is C30H36ClN3O6. The SMILES string of the molecule is CCOc1ccc(NC(=O)[C@H]2[C@H]3C(=O)N([C@@H](CC)CO)C(C(=O)Nc4ccccc4Cl)C34CC(C)[C@]2(C)O4)cc1. The summed E-state index contributed by atoms with van der Waals surface area (Å²) in [5.74, 6) is -2.32. The monoisotopic (exact) mass is 569 g/mol. The number of halogens is 1. The molecule has 2 aromatic rings. The van der Waals surface area contributed by atoms with E-state index in [1.54, 1.807) is 48.5 Å². The van der Waals surface area contributed by atoms with Gasteiger partial charge in [-0.05, 0) is 69.0 Å².